The van der Waals surface area contributed by atoms with Crippen LogP contribution >= 0.6 is 0 Å². The van der Waals surface area contributed by atoms with Gasteiger partial charge in [-0.2, -0.15) is 0 Å². The highest BCUT2D eigenvalue weighted by Gasteiger charge is 2.07. The molecule has 1 aromatic rings. The van der Waals surface area contributed by atoms with E-state index in [9.17, 15) is 9.59 Å². The van der Waals surface area contributed by atoms with Gasteiger partial charge in [-0.1, -0.05) is 18.2 Å². The van der Waals surface area contributed by atoms with Crippen LogP contribution in [0.2, 0.25) is 0 Å². The van der Waals surface area contributed by atoms with Gasteiger partial charge in [-0.3, -0.25) is 9.59 Å². The minimum atomic E-state index is -0.0787. The Labute approximate surface area is 95.4 Å². The van der Waals surface area contributed by atoms with Crippen molar-refractivity contribution in [2.75, 3.05) is 7.11 Å². The molecule has 0 bridgehead atoms. The van der Waals surface area contributed by atoms with Crippen molar-refractivity contribution < 1.29 is 14.3 Å². The van der Waals surface area contributed by atoms with Gasteiger partial charge in [0, 0.05) is 6.42 Å². The largest absolute Gasteiger partial charge is 0.496 e. The number of ether oxygens (including phenoxy) is 1. The lowest BCUT2D eigenvalue weighted by Gasteiger charge is -2.06. The van der Waals surface area contributed by atoms with Crippen LogP contribution < -0.4 is 4.74 Å². The normalized spacial score (nSPS) is 9.88. The maximum Gasteiger partial charge on any atom is 0.140 e. The molecule has 0 radical (unpaired) electrons. The number of carbonyl (C=O) groups is 2. The number of carbonyl (C=O) groups excluding carboxylic acids is 2. The summed E-state index contributed by atoms with van der Waals surface area (Å²) in [5, 5.41) is 0. The topological polar surface area (TPSA) is 43.4 Å². The summed E-state index contributed by atoms with van der Waals surface area (Å²) in [6.45, 7) is 1.43. The van der Waals surface area contributed by atoms with Gasteiger partial charge in [0.1, 0.15) is 17.3 Å². The Morgan fingerprint density at radius 3 is 2.56 bits per heavy atom. The molecule has 3 nitrogen and oxygen atoms in total. The number of ketones is 2. The second-order valence-corrected chi connectivity index (χ2v) is 3.73. The van der Waals surface area contributed by atoms with Crippen LogP contribution in [0.4, 0.5) is 0 Å². The fraction of sp³-hybridized carbons (Fsp3) is 0.385. The smallest absolute Gasteiger partial charge is 0.140 e. The fourth-order valence-corrected chi connectivity index (χ4v) is 1.55. The molecule has 0 unspecified atom stereocenters. The Morgan fingerprint density at radius 1 is 1.25 bits per heavy atom. The predicted molar refractivity (Wildman–Crippen MR) is 61.6 cm³/mol. The van der Waals surface area contributed by atoms with E-state index in [0.717, 1.165) is 11.3 Å². The number of para-hydroxylation sites is 1. The third-order valence-electron chi connectivity index (χ3n) is 2.31. The van der Waals surface area contributed by atoms with E-state index < -0.39 is 0 Å². The van der Waals surface area contributed by atoms with E-state index in [1.165, 1.54) is 6.92 Å². The first-order valence-corrected chi connectivity index (χ1v) is 5.26. The van der Waals surface area contributed by atoms with Crippen LogP contribution in [0, 0.1) is 0 Å². The average Bonchev–Trinajstić information content (AvgIpc) is 2.26. The second-order valence-electron chi connectivity index (χ2n) is 3.73. The van der Waals surface area contributed by atoms with Crippen molar-refractivity contribution in [2.45, 2.75) is 26.2 Å². The second kappa shape index (κ2) is 6.05. The minimum absolute atomic E-state index is 0.0154. The van der Waals surface area contributed by atoms with E-state index in [1.54, 1.807) is 7.11 Å². The van der Waals surface area contributed by atoms with Crippen molar-refractivity contribution in [2.24, 2.45) is 0 Å². The van der Waals surface area contributed by atoms with E-state index in [0.29, 0.717) is 12.8 Å². The van der Waals surface area contributed by atoms with E-state index in [-0.39, 0.29) is 18.0 Å². The lowest BCUT2D eigenvalue weighted by atomic mass is 10.0. The van der Waals surface area contributed by atoms with Crippen molar-refractivity contribution in [1.29, 1.82) is 0 Å². The fourth-order valence-electron chi connectivity index (χ4n) is 1.55. The molecule has 0 saturated heterocycles. The summed E-state index contributed by atoms with van der Waals surface area (Å²) in [5.41, 5.74) is 1.00. The van der Waals surface area contributed by atoms with Crippen LogP contribution in [0.15, 0.2) is 24.3 Å². The monoisotopic (exact) mass is 220 g/mol. The van der Waals surface area contributed by atoms with Gasteiger partial charge in [-0.15, -0.1) is 0 Å². The maximum atomic E-state index is 11.4. The zero-order valence-corrected chi connectivity index (χ0v) is 9.66. The lowest BCUT2D eigenvalue weighted by Crippen LogP contribution is -2.05. The molecule has 0 aromatic heterocycles. The molecule has 0 atom stereocenters. The summed E-state index contributed by atoms with van der Waals surface area (Å²) in [4.78, 5) is 22.1. The molecule has 86 valence electrons. The average molecular weight is 220 g/mol. The Kier molecular flexibility index (Phi) is 4.70. The molecular formula is C13H16O3. The summed E-state index contributed by atoms with van der Waals surface area (Å²) in [6, 6.07) is 7.59. The van der Waals surface area contributed by atoms with Crippen molar-refractivity contribution in [3.05, 3.63) is 29.8 Å². The number of rotatable bonds is 6. The molecule has 0 aliphatic rings. The lowest BCUT2D eigenvalue weighted by molar-refractivity contribution is -0.125. The van der Waals surface area contributed by atoms with Crippen molar-refractivity contribution >= 4 is 11.6 Å². The molecule has 0 aliphatic carbocycles. The molecule has 0 heterocycles. The van der Waals surface area contributed by atoms with Gasteiger partial charge in [-0.05, 0) is 25.0 Å². The summed E-state index contributed by atoms with van der Waals surface area (Å²) in [5.74, 6) is 0.696. The highest BCUT2D eigenvalue weighted by atomic mass is 16.5. The van der Waals surface area contributed by atoms with E-state index in [1.807, 2.05) is 24.3 Å². The standard InChI is InChI=1S/C13H16O3/c1-10(14)9-12(15)8-7-11-5-3-4-6-13(11)16-2/h3-6H,7-9H2,1-2H3. The molecule has 0 N–H and O–H groups in total. The van der Waals surface area contributed by atoms with Gasteiger partial charge in [0.2, 0.25) is 0 Å². The predicted octanol–water partition coefficient (Wildman–Crippen LogP) is 2.18. The molecule has 0 aliphatic heterocycles. The van der Waals surface area contributed by atoms with Gasteiger partial charge >= 0.3 is 0 Å². The van der Waals surface area contributed by atoms with Crippen molar-refractivity contribution in [1.82, 2.24) is 0 Å². The van der Waals surface area contributed by atoms with E-state index >= 15 is 0 Å². The molecule has 1 aromatic carbocycles. The third-order valence-corrected chi connectivity index (χ3v) is 2.31. The molecule has 16 heavy (non-hydrogen) atoms. The van der Waals surface area contributed by atoms with Gasteiger partial charge in [-0.25, -0.2) is 0 Å². The summed E-state index contributed by atoms with van der Waals surface area (Å²) in [7, 11) is 1.61. The number of benzene rings is 1. The highest BCUT2D eigenvalue weighted by molar-refractivity contribution is 5.97. The Bertz CT molecular complexity index is 383. The molecule has 3 heteroatoms. The quantitative estimate of drug-likeness (QED) is 0.690. The summed E-state index contributed by atoms with van der Waals surface area (Å²) < 4.78 is 5.18. The van der Waals surface area contributed by atoms with E-state index in [2.05, 4.69) is 0 Å². The van der Waals surface area contributed by atoms with Gasteiger partial charge < -0.3 is 4.74 Å². The van der Waals surface area contributed by atoms with Crippen LogP contribution in [-0.2, 0) is 16.0 Å². The Balaban J connectivity index is 2.54. The van der Waals surface area contributed by atoms with Crippen LogP contribution in [0.25, 0.3) is 0 Å². The summed E-state index contributed by atoms with van der Waals surface area (Å²) >= 11 is 0. The third kappa shape index (κ3) is 3.85. The Morgan fingerprint density at radius 2 is 1.94 bits per heavy atom. The van der Waals surface area contributed by atoms with Gasteiger partial charge in [0.25, 0.3) is 0 Å². The molecule has 0 amide bonds. The molecule has 0 spiro atoms. The number of Topliss-reactive ketones (excluding diaryl/α,β-unsaturated/α-hetero) is 2. The molecule has 1 rings (SSSR count). The first kappa shape index (κ1) is 12.4. The van der Waals surface area contributed by atoms with Gasteiger partial charge in [0.15, 0.2) is 0 Å². The first-order chi connectivity index (χ1) is 7.63. The first-order valence-electron chi connectivity index (χ1n) is 5.26. The van der Waals surface area contributed by atoms with Crippen molar-refractivity contribution in [3.8, 4) is 5.75 Å². The molecular weight excluding hydrogens is 204 g/mol. The molecule has 0 saturated carbocycles. The summed E-state index contributed by atoms with van der Waals surface area (Å²) in [6.07, 6.45) is 1.05. The van der Waals surface area contributed by atoms with Crippen LogP contribution in [0.5, 0.6) is 5.75 Å². The SMILES string of the molecule is COc1ccccc1CCC(=O)CC(C)=O. The van der Waals surface area contributed by atoms with Gasteiger partial charge in [0.05, 0.1) is 13.5 Å². The maximum absolute atomic E-state index is 11.4. The zero-order valence-electron chi connectivity index (χ0n) is 9.66. The number of aryl methyl sites for hydroxylation is 1. The van der Waals surface area contributed by atoms with Crippen LogP contribution in [-0.4, -0.2) is 18.7 Å². The number of hydrogen-bond donors (Lipinski definition) is 0. The zero-order chi connectivity index (χ0) is 12.0. The Hall–Kier alpha value is -1.64. The minimum Gasteiger partial charge on any atom is -0.496 e. The number of hydrogen-bond acceptors (Lipinski definition) is 3. The molecule has 0 fully saturated rings. The number of methoxy groups -OCH3 is 1. The highest BCUT2D eigenvalue weighted by Crippen LogP contribution is 2.19. The van der Waals surface area contributed by atoms with Crippen LogP contribution in [0.3, 0.4) is 0 Å². The van der Waals surface area contributed by atoms with Crippen LogP contribution in [0.1, 0.15) is 25.3 Å². The van der Waals surface area contributed by atoms with Crippen molar-refractivity contribution in [3.63, 3.8) is 0 Å². The van der Waals surface area contributed by atoms with E-state index in [4.69, 9.17) is 4.74 Å².